The Morgan fingerprint density at radius 1 is 1.33 bits per heavy atom. The van der Waals surface area contributed by atoms with Gasteiger partial charge < -0.3 is 15.2 Å². The molecule has 0 spiro atoms. The first-order chi connectivity index (χ1) is 8.61. The molecule has 0 saturated heterocycles. The normalized spacial score (nSPS) is 18.3. The minimum atomic E-state index is -0.914. The van der Waals surface area contributed by atoms with E-state index in [9.17, 15) is 9.59 Å². The van der Waals surface area contributed by atoms with Crippen molar-refractivity contribution in [3.05, 3.63) is 0 Å². The molecule has 1 aliphatic rings. The SMILES string of the molecule is COC(CNC(=O)CC1CCCCC1)CC(=O)O. The van der Waals surface area contributed by atoms with Crippen molar-refractivity contribution >= 4 is 11.9 Å². The van der Waals surface area contributed by atoms with Gasteiger partial charge in [-0.15, -0.1) is 0 Å². The van der Waals surface area contributed by atoms with Crippen LogP contribution in [0.1, 0.15) is 44.9 Å². The fourth-order valence-electron chi connectivity index (χ4n) is 2.39. The first-order valence-electron chi connectivity index (χ1n) is 6.63. The number of methoxy groups -OCH3 is 1. The topological polar surface area (TPSA) is 75.6 Å². The zero-order chi connectivity index (χ0) is 13.4. The van der Waals surface area contributed by atoms with Gasteiger partial charge in [0.25, 0.3) is 0 Å². The number of nitrogens with one attached hydrogen (secondary N) is 1. The molecule has 0 aromatic rings. The second-order valence-electron chi connectivity index (χ2n) is 4.97. The van der Waals surface area contributed by atoms with Gasteiger partial charge in [0, 0.05) is 20.1 Å². The van der Waals surface area contributed by atoms with Crippen LogP contribution in [0, 0.1) is 5.92 Å². The smallest absolute Gasteiger partial charge is 0.306 e. The third-order valence-corrected chi connectivity index (χ3v) is 3.46. The molecule has 0 aromatic carbocycles. The number of ether oxygens (including phenoxy) is 1. The summed E-state index contributed by atoms with van der Waals surface area (Å²) in [5.74, 6) is -0.406. The molecule has 5 heteroatoms. The summed E-state index contributed by atoms with van der Waals surface area (Å²) in [6.07, 6.45) is 6.02. The summed E-state index contributed by atoms with van der Waals surface area (Å²) in [7, 11) is 1.46. The Hall–Kier alpha value is -1.10. The van der Waals surface area contributed by atoms with Crippen LogP contribution >= 0.6 is 0 Å². The lowest BCUT2D eigenvalue weighted by atomic mass is 9.87. The Balaban J connectivity index is 2.20. The molecule has 0 aromatic heterocycles. The molecule has 1 fully saturated rings. The lowest BCUT2D eigenvalue weighted by molar-refractivity contribution is -0.140. The Morgan fingerprint density at radius 2 is 2.00 bits per heavy atom. The van der Waals surface area contributed by atoms with Gasteiger partial charge in [-0.05, 0) is 18.8 Å². The highest BCUT2D eigenvalue weighted by Gasteiger charge is 2.18. The molecule has 1 amide bonds. The van der Waals surface area contributed by atoms with Crippen LogP contribution in [0.25, 0.3) is 0 Å². The monoisotopic (exact) mass is 257 g/mol. The molecule has 18 heavy (non-hydrogen) atoms. The van der Waals surface area contributed by atoms with E-state index in [1.165, 1.54) is 26.4 Å². The number of carboxylic acids is 1. The van der Waals surface area contributed by atoms with Crippen molar-refractivity contribution < 1.29 is 19.4 Å². The third kappa shape index (κ3) is 6.00. The van der Waals surface area contributed by atoms with Crippen molar-refractivity contribution in [2.75, 3.05) is 13.7 Å². The summed E-state index contributed by atoms with van der Waals surface area (Å²) < 4.78 is 5.01. The number of carbonyl (C=O) groups is 2. The van der Waals surface area contributed by atoms with E-state index < -0.39 is 12.1 Å². The summed E-state index contributed by atoms with van der Waals surface area (Å²) >= 11 is 0. The van der Waals surface area contributed by atoms with Crippen molar-refractivity contribution in [2.24, 2.45) is 5.92 Å². The van der Waals surface area contributed by atoms with Crippen molar-refractivity contribution in [1.82, 2.24) is 5.32 Å². The van der Waals surface area contributed by atoms with Crippen molar-refractivity contribution in [3.8, 4) is 0 Å². The van der Waals surface area contributed by atoms with Crippen molar-refractivity contribution in [1.29, 1.82) is 0 Å². The molecule has 5 nitrogen and oxygen atoms in total. The maximum atomic E-state index is 11.7. The average Bonchev–Trinajstić information content (AvgIpc) is 2.35. The molecule has 0 radical (unpaired) electrons. The Labute approximate surface area is 108 Å². The van der Waals surface area contributed by atoms with Gasteiger partial charge in [-0.2, -0.15) is 0 Å². The molecule has 2 N–H and O–H groups in total. The lowest BCUT2D eigenvalue weighted by Gasteiger charge is -2.21. The molecule has 104 valence electrons. The van der Waals surface area contributed by atoms with E-state index in [0.29, 0.717) is 12.3 Å². The van der Waals surface area contributed by atoms with Gasteiger partial charge in [-0.25, -0.2) is 0 Å². The molecule has 1 atom stereocenters. The van der Waals surface area contributed by atoms with Gasteiger partial charge in [0.05, 0.1) is 12.5 Å². The Bertz CT molecular complexity index is 274. The fourth-order valence-corrected chi connectivity index (χ4v) is 2.39. The number of hydrogen-bond acceptors (Lipinski definition) is 3. The molecule has 1 saturated carbocycles. The number of rotatable bonds is 7. The van der Waals surface area contributed by atoms with Gasteiger partial charge in [-0.1, -0.05) is 19.3 Å². The van der Waals surface area contributed by atoms with Crippen LogP contribution in [-0.4, -0.2) is 36.7 Å². The summed E-state index contributed by atoms with van der Waals surface area (Å²) in [5, 5.41) is 11.4. The van der Waals surface area contributed by atoms with Crippen LogP contribution in [0.3, 0.4) is 0 Å². The molecule has 0 bridgehead atoms. The largest absolute Gasteiger partial charge is 0.481 e. The molecule has 1 rings (SSSR count). The second kappa shape index (κ2) is 8.08. The minimum absolute atomic E-state index is 0.00865. The first-order valence-corrected chi connectivity index (χ1v) is 6.63. The first kappa shape index (κ1) is 15.0. The van der Waals surface area contributed by atoms with Crippen LogP contribution in [0.4, 0.5) is 0 Å². The molecule has 1 aliphatic carbocycles. The van der Waals surface area contributed by atoms with Crippen LogP contribution in [0.15, 0.2) is 0 Å². The quantitative estimate of drug-likeness (QED) is 0.725. The molecular weight excluding hydrogens is 234 g/mol. The van der Waals surface area contributed by atoms with E-state index in [2.05, 4.69) is 5.32 Å². The van der Waals surface area contributed by atoms with Crippen LogP contribution < -0.4 is 5.32 Å². The predicted octanol–water partition coefficient (Wildman–Crippen LogP) is 1.56. The summed E-state index contributed by atoms with van der Waals surface area (Å²) in [6.45, 7) is 0.272. The number of amides is 1. The summed E-state index contributed by atoms with van der Waals surface area (Å²) in [5.41, 5.74) is 0. The Kier molecular flexibility index (Phi) is 6.72. The fraction of sp³-hybridized carbons (Fsp3) is 0.846. The second-order valence-corrected chi connectivity index (χ2v) is 4.97. The van der Waals surface area contributed by atoms with Crippen molar-refractivity contribution in [3.63, 3.8) is 0 Å². The van der Waals surface area contributed by atoms with E-state index in [1.807, 2.05) is 0 Å². The van der Waals surface area contributed by atoms with Gasteiger partial charge >= 0.3 is 5.97 Å². The maximum Gasteiger partial charge on any atom is 0.306 e. The van der Waals surface area contributed by atoms with E-state index in [1.54, 1.807) is 0 Å². The van der Waals surface area contributed by atoms with Gasteiger partial charge in [0.1, 0.15) is 0 Å². The highest BCUT2D eigenvalue weighted by molar-refractivity contribution is 5.76. The lowest BCUT2D eigenvalue weighted by Crippen LogP contribution is -2.35. The number of carboxylic acid groups (broad SMARTS) is 1. The van der Waals surface area contributed by atoms with E-state index >= 15 is 0 Å². The highest BCUT2D eigenvalue weighted by atomic mass is 16.5. The zero-order valence-corrected chi connectivity index (χ0v) is 11.0. The zero-order valence-electron chi connectivity index (χ0n) is 11.0. The van der Waals surface area contributed by atoms with E-state index in [4.69, 9.17) is 9.84 Å². The Morgan fingerprint density at radius 3 is 2.56 bits per heavy atom. The number of aliphatic carboxylic acids is 1. The molecule has 0 aliphatic heterocycles. The van der Waals surface area contributed by atoms with Gasteiger partial charge in [-0.3, -0.25) is 9.59 Å². The molecule has 1 unspecified atom stereocenters. The van der Waals surface area contributed by atoms with Crippen molar-refractivity contribution in [2.45, 2.75) is 51.0 Å². The van der Waals surface area contributed by atoms with Crippen LogP contribution in [0.5, 0.6) is 0 Å². The van der Waals surface area contributed by atoms with Gasteiger partial charge in [0.2, 0.25) is 5.91 Å². The highest BCUT2D eigenvalue weighted by Crippen LogP contribution is 2.25. The summed E-state index contributed by atoms with van der Waals surface area (Å²) in [4.78, 5) is 22.2. The molecular formula is C13H23NO4. The third-order valence-electron chi connectivity index (χ3n) is 3.46. The van der Waals surface area contributed by atoms with E-state index in [-0.39, 0.29) is 18.9 Å². The van der Waals surface area contributed by atoms with Crippen LogP contribution in [-0.2, 0) is 14.3 Å². The number of hydrogen-bond donors (Lipinski definition) is 2. The standard InChI is InChI=1S/C13H23NO4/c1-18-11(8-13(16)17)9-14-12(15)7-10-5-3-2-4-6-10/h10-11H,2-9H2,1H3,(H,14,15)(H,16,17). The number of carbonyl (C=O) groups excluding carboxylic acids is 1. The minimum Gasteiger partial charge on any atom is -0.481 e. The van der Waals surface area contributed by atoms with Crippen LogP contribution in [0.2, 0.25) is 0 Å². The van der Waals surface area contributed by atoms with E-state index in [0.717, 1.165) is 12.8 Å². The average molecular weight is 257 g/mol. The maximum absolute atomic E-state index is 11.7. The molecule has 0 heterocycles. The predicted molar refractivity (Wildman–Crippen MR) is 67.3 cm³/mol. The van der Waals surface area contributed by atoms with Gasteiger partial charge in [0.15, 0.2) is 0 Å². The summed E-state index contributed by atoms with van der Waals surface area (Å²) in [6, 6.07) is 0.